The highest BCUT2D eigenvalue weighted by Crippen LogP contribution is 2.32. The minimum atomic E-state index is -4.04. The van der Waals surface area contributed by atoms with Crippen molar-refractivity contribution in [3.05, 3.63) is 5.32 Å². The first-order valence-electron chi connectivity index (χ1n) is 4.28. The Morgan fingerprint density at radius 3 is 2.33 bits per heavy atom. The molecule has 72 valence electrons. The zero-order valence-electron chi connectivity index (χ0n) is 6.90. The van der Waals surface area contributed by atoms with E-state index in [1.165, 1.54) is 12.8 Å². The van der Waals surface area contributed by atoms with Crippen LogP contribution < -0.4 is 0 Å². The van der Waals surface area contributed by atoms with Gasteiger partial charge in [-0.05, 0) is 5.92 Å². The molecule has 12 heavy (non-hydrogen) atoms. The van der Waals surface area contributed by atoms with Crippen LogP contribution in [0.3, 0.4) is 0 Å². The quantitative estimate of drug-likeness (QED) is 0.577. The van der Waals surface area contributed by atoms with Crippen molar-refractivity contribution in [2.24, 2.45) is 5.92 Å². The van der Waals surface area contributed by atoms with E-state index in [1.807, 2.05) is 0 Å². The minimum Gasteiger partial charge on any atom is -0.662 e. The first-order chi connectivity index (χ1) is 5.58. The molecular weight excluding hydrogens is 167 g/mol. The van der Waals surface area contributed by atoms with Crippen molar-refractivity contribution in [1.29, 1.82) is 0 Å². The summed E-state index contributed by atoms with van der Waals surface area (Å²) < 4.78 is 34.8. The molecule has 0 aromatic carbocycles. The summed E-state index contributed by atoms with van der Waals surface area (Å²) >= 11 is 0. The molecule has 0 bridgehead atoms. The molecule has 0 amide bonds. The maximum atomic E-state index is 11.6. The summed E-state index contributed by atoms with van der Waals surface area (Å²) in [6.45, 7) is 0.553. The first-order valence-corrected chi connectivity index (χ1v) is 4.28. The molecule has 0 atom stereocenters. The molecule has 0 heterocycles. The molecular formula is C8H13F3N-. The van der Waals surface area contributed by atoms with Gasteiger partial charge in [0.2, 0.25) is 0 Å². The van der Waals surface area contributed by atoms with Gasteiger partial charge in [0, 0.05) is 6.42 Å². The summed E-state index contributed by atoms with van der Waals surface area (Å²) in [5.41, 5.74) is 0. The number of nitrogens with zero attached hydrogens (tertiary/aromatic N) is 1. The third-order valence-corrected chi connectivity index (χ3v) is 1.95. The fraction of sp³-hybridized carbons (Fsp3) is 1.00. The molecule has 4 heteroatoms. The highest BCUT2D eigenvalue weighted by Gasteiger charge is 2.24. The third-order valence-electron chi connectivity index (χ3n) is 1.95. The van der Waals surface area contributed by atoms with E-state index in [9.17, 15) is 13.2 Å². The van der Waals surface area contributed by atoms with E-state index in [2.05, 4.69) is 5.32 Å². The summed E-state index contributed by atoms with van der Waals surface area (Å²) in [7, 11) is 0. The van der Waals surface area contributed by atoms with Crippen molar-refractivity contribution in [2.45, 2.75) is 31.9 Å². The lowest BCUT2D eigenvalue weighted by atomic mass is 10.3. The van der Waals surface area contributed by atoms with E-state index in [-0.39, 0.29) is 6.54 Å². The van der Waals surface area contributed by atoms with Crippen LogP contribution in [0, 0.1) is 5.92 Å². The fourth-order valence-corrected chi connectivity index (χ4v) is 0.998. The normalized spacial score (nSPS) is 18.2. The van der Waals surface area contributed by atoms with Crippen molar-refractivity contribution >= 4 is 0 Å². The fourth-order valence-electron chi connectivity index (χ4n) is 0.998. The molecule has 0 aromatic rings. The highest BCUT2D eigenvalue weighted by molar-refractivity contribution is 4.84. The topological polar surface area (TPSA) is 14.1 Å². The molecule has 1 saturated carbocycles. The van der Waals surface area contributed by atoms with Crippen molar-refractivity contribution in [1.82, 2.24) is 0 Å². The second-order valence-electron chi connectivity index (χ2n) is 3.27. The molecule has 0 saturated heterocycles. The molecule has 1 aliphatic rings. The summed E-state index contributed by atoms with van der Waals surface area (Å²) in [5, 5.41) is 3.82. The maximum Gasteiger partial charge on any atom is 0.387 e. The second kappa shape index (κ2) is 4.12. The van der Waals surface area contributed by atoms with Gasteiger partial charge in [0.15, 0.2) is 0 Å². The summed E-state index contributed by atoms with van der Waals surface area (Å²) in [5.74, 6) is 0.764. The molecule has 0 radical (unpaired) electrons. The van der Waals surface area contributed by atoms with Gasteiger partial charge in [-0.3, -0.25) is 0 Å². The molecule has 0 unspecified atom stereocenters. The summed E-state index contributed by atoms with van der Waals surface area (Å²) in [6, 6.07) is 0. The van der Waals surface area contributed by atoms with Crippen LogP contribution in [0.15, 0.2) is 0 Å². The van der Waals surface area contributed by atoms with Crippen LogP contribution >= 0.6 is 0 Å². The number of hydrogen-bond donors (Lipinski definition) is 0. The van der Waals surface area contributed by atoms with Gasteiger partial charge in [-0.2, -0.15) is 13.2 Å². The van der Waals surface area contributed by atoms with Crippen molar-refractivity contribution in [2.75, 3.05) is 13.1 Å². The van der Waals surface area contributed by atoms with Gasteiger partial charge in [0.1, 0.15) is 0 Å². The van der Waals surface area contributed by atoms with Gasteiger partial charge >= 0.3 is 6.18 Å². The first kappa shape index (κ1) is 9.84. The van der Waals surface area contributed by atoms with Crippen LogP contribution in [-0.4, -0.2) is 19.3 Å². The third kappa shape index (κ3) is 5.41. The molecule has 0 aromatic heterocycles. The number of hydrogen-bond acceptors (Lipinski definition) is 0. The van der Waals surface area contributed by atoms with Crippen molar-refractivity contribution in [3.63, 3.8) is 0 Å². The molecule has 0 N–H and O–H groups in total. The molecule has 0 spiro atoms. The van der Waals surface area contributed by atoms with Gasteiger partial charge in [0.05, 0.1) is 0 Å². The van der Waals surface area contributed by atoms with Crippen LogP contribution in [0.5, 0.6) is 0 Å². The molecule has 1 rings (SSSR count). The number of halogens is 3. The molecule has 1 aliphatic carbocycles. The molecule has 1 nitrogen and oxygen atoms in total. The molecule has 1 fully saturated rings. The van der Waals surface area contributed by atoms with E-state index in [0.717, 1.165) is 12.3 Å². The highest BCUT2D eigenvalue weighted by atomic mass is 19.4. The Bertz CT molecular complexity index is 129. The average Bonchev–Trinajstić information content (AvgIpc) is 2.68. The Morgan fingerprint density at radius 1 is 1.17 bits per heavy atom. The van der Waals surface area contributed by atoms with Gasteiger partial charge in [-0.15, -0.1) is 13.1 Å². The second-order valence-corrected chi connectivity index (χ2v) is 3.27. The maximum absolute atomic E-state index is 11.6. The Labute approximate surface area is 70.3 Å². The van der Waals surface area contributed by atoms with E-state index in [4.69, 9.17) is 0 Å². The van der Waals surface area contributed by atoms with E-state index >= 15 is 0 Å². The Kier molecular flexibility index (Phi) is 3.38. The SMILES string of the molecule is FC(F)(F)CC[N-]CCC1CC1. The monoisotopic (exact) mass is 180 g/mol. The average molecular weight is 180 g/mol. The zero-order chi connectivity index (χ0) is 9.03. The van der Waals surface area contributed by atoms with Gasteiger partial charge in [-0.1, -0.05) is 19.3 Å². The van der Waals surface area contributed by atoms with Crippen molar-refractivity contribution < 1.29 is 13.2 Å². The predicted octanol–water partition coefficient (Wildman–Crippen LogP) is 3.11. The van der Waals surface area contributed by atoms with Gasteiger partial charge in [-0.25, -0.2) is 0 Å². The van der Waals surface area contributed by atoms with Gasteiger partial charge < -0.3 is 5.32 Å². The standard InChI is InChI=1S/C8H13F3N/c9-8(10,11)4-6-12-5-3-7-1-2-7/h7H,1-6H2/q-1. The Morgan fingerprint density at radius 2 is 1.83 bits per heavy atom. The Hall–Kier alpha value is -0.250. The Balaban J connectivity index is 1.82. The lowest BCUT2D eigenvalue weighted by Crippen LogP contribution is -2.09. The zero-order valence-corrected chi connectivity index (χ0v) is 6.90. The van der Waals surface area contributed by atoms with E-state index in [0.29, 0.717) is 6.54 Å². The molecule has 0 aliphatic heterocycles. The van der Waals surface area contributed by atoms with Crippen LogP contribution in [0.25, 0.3) is 5.32 Å². The number of rotatable bonds is 5. The summed E-state index contributed by atoms with van der Waals surface area (Å²) in [4.78, 5) is 0. The van der Waals surface area contributed by atoms with Crippen LogP contribution in [0.4, 0.5) is 13.2 Å². The minimum absolute atomic E-state index is 0.0593. The number of alkyl halides is 3. The lowest BCUT2D eigenvalue weighted by Gasteiger charge is -2.19. The van der Waals surface area contributed by atoms with Crippen molar-refractivity contribution in [3.8, 4) is 0 Å². The lowest BCUT2D eigenvalue weighted by molar-refractivity contribution is -0.131. The van der Waals surface area contributed by atoms with Gasteiger partial charge in [0.25, 0.3) is 0 Å². The van der Waals surface area contributed by atoms with Crippen LogP contribution in [0.2, 0.25) is 0 Å². The largest absolute Gasteiger partial charge is 0.662 e. The van der Waals surface area contributed by atoms with E-state index in [1.54, 1.807) is 0 Å². The smallest absolute Gasteiger partial charge is 0.387 e. The van der Waals surface area contributed by atoms with E-state index < -0.39 is 12.6 Å². The summed E-state index contributed by atoms with van der Waals surface area (Å²) in [6.07, 6.45) is -1.33. The van der Waals surface area contributed by atoms with Crippen LogP contribution in [0.1, 0.15) is 25.7 Å². The predicted molar refractivity (Wildman–Crippen MR) is 41.1 cm³/mol. The van der Waals surface area contributed by atoms with Crippen LogP contribution in [-0.2, 0) is 0 Å².